The van der Waals surface area contributed by atoms with E-state index in [1.165, 1.54) is 12.1 Å². The second-order valence-corrected chi connectivity index (χ2v) is 8.04. The van der Waals surface area contributed by atoms with Crippen molar-refractivity contribution in [1.29, 1.82) is 5.41 Å². The number of nitrogens with zero attached hydrogens (tertiary/aromatic N) is 4. The molecule has 2 heterocycles. The van der Waals surface area contributed by atoms with Crippen LogP contribution in [0.1, 0.15) is 31.0 Å². The predicted molar refractivity (Wildman–Crippen MR) is 115 cm³/mol. The van der Waals surface area contributed by atoms with Gasteiger partial charge in [-0.05, 0) is 50.6 Å². The Kier molecular flexibility index (Phi) is 5.74. The molecule has 2 fully saturated rings. The Balaban J connectivity index is 1.49. The second-order valence-electron chi connectivity index (χ2n) is 8.04. The molecular weight excluding hydrogens is 407 g/mol. The molecule has 2 aliphatic rings. The van der Waals surface area contributed by atoms with Gasteiger partial charge in [0.25, 0.3) is 0 Å². The molecule has 1 aliphatic carbocycles. The average molecular weight is 433 g/mol. The summed E-state index contributed by atoms with van der Waals surface area (Å²) in [5, 5.41) is 14.9. The van der Waals surface area contributed by atoms with Gasteiger partial charge in [-0.3, -0.25) is 15.2 Å². The number of alkyl halides is 3. The van der Waals surface area contributed by atoms with Crippen molar-refractivity contribution in [3.8, 4) is 0 Å². The normalized spacial score (nSPS) is 17.2. The number of nitrogens with one attached hydrogen (secondary N) is 3. The maximum absolute atomic E-state index is 12.8. The molecule has 2 aromatic rings. The smallest absolute Gasteiger partial charge is 0.365 e. The first-order valence-corrected chi connectivity index (χ1v) is 10.4. The lowest BCUT2D eigenvalue weighted by atomic mass is 10.1. The number of benzene rings is 1. The third kappa shape index (κ3) is 5.07. The van der Waals surface area contributed by atoms with Crippen LogP contribution in [0.2, 0.25) is 0 Å². The van der Waals surface area contributed by atoms with Crippen LogP contribution in [0.15, 0.2) is 30.3 Å². The molecule has 0 atom stereocenters. The summed E-state index contributed by atoms with van der Waals surface area (Å²) in [6.07, 6.45) is -2.57. The van der Waals surface area contributed by atoms with E-state index in [0.717, 1.165) is 56.1 Å². The molecule has 166 valence electrons. The summed E-state index contributed by atoms with van der Waals surface area (Å²) in [7, 11) is 0. The third-order valence-electron chi connectivity index (χ3n) is 5.44. The van der Waals surface area contributed by atoms with E-state index in [0.29, 0.717) is 17.7 Å². The van der Waals surface area contributed by atoms with Crippen LogP contribution in [0.3, 0.4) is 0 Å². The van der Waals surface area contributed by atoms with Crippen molar-refractivity contribution in [2.75, 3.05) is 35.2 Å². The van der Waals surface area contributed by atoms with E-state index in [1.54, 1.807) is 4.90 Å². The Labute approximate surface area is 179 Å². The molecule has 0 radical (unpaired) electrons. The van der Waals surface area contributed by atoms with Crippen LogP contribution in [0, 0.1) is 12.3 Å². The highest BCUT2D eigenvalue weighted by atomic mass is 19.4. The van der Waals surface area contributed by atoms with Crippen LogP contribution in [-0.2, 0) is 6.18 Å². The number of likely N-dealkylation sites (tertiary alicyclic amines) is 1. The number of rotatable bonds is 6. The minimum absolute atomic E-state index is 0.0413. The molecule has 7 nitrogen and oxygen atoms in total. The molecule has 3 N–H and O–H groups in total. The number of hydrogen-bond donors (Lipinski definition) is 3. The zero-order valence-corrected chi connectivity index (χ0v) is 17.5. The van der Waals surface area contributed by atoms with Gasteiger partial charge in [0.05, 0.1) is 11.6 Å². The fourth-order valence-electron chi connectivity index (χ4n) is 3.58. The van der Waals surface area contributed by atoms with Gasteiger partial charge >= 0.3 is 6.18 Å². The molecule has 1 aliphatic heterocycles. The zero-order valence-electron chi connectivity index (χ0n) is 17.5. The van der Waals surface area contributed by atoms with Gasteiger partial charge in [-0.25, -0.2) is 4.98 Å². The molecule has 0 unspecified atom stereocenters. The Morgan fingerprint density at radius 3 is 2.45 bits per heavy atom. The molecule has 0 amide bonds. The molecule has 0 bridgehead atoms. The Morgan fingerprint density at radius 1 is 1.19 bits per heavy atom. The first-order chi connectivity index (χ1) is 14.7. The van der Waals surface area contributed by atoms with Crippen molar-refractivity contribution in [2.24, 2.45) is 0 Å². The van der Waals surface area contributed by atoms with Crippen LogP contribution < -0.4 is 15.5 Å². The van der Waals surface area contributed by atoms with E-state index in [4.69, 9.17) is 5.41 Å². The van der Waals surface area contributed by atoms with Gasteiger partial charge in [-0.1, -0.05) is 6.92 Å². The lowest BCUT2D eigenvalue weighted by Gasteiger charge is -2.39. The van der Waals surface area contributed by atoms with Crippen molar-refractivity contribution in [3.63, 3.8) is 0 Å². The van der Waals surface area contributed by atoms with Gasteiger partial charge in [0.2, 0.25) is 11.9 Å². The SMILES string of the molecule is CCN1CC(Nc2cc(C)nc(N(C(=N)Nc3ccc(C(F)(F)F)cc3)C3CC3)n2)C1. The molecule has 1 aromatic carbocycles. The summed E-state index contributed by atoms with van der Waals surface area (Å²) in [5.41, 5.74) is 0.468. The number of aromatic nitrogens is 2. The van der Waals surface area contributed by atoms with Gasteiger partial charge in [-0.15, -0.1) is 0 Å². The minimum atomic E-state index is -4.39. The topological polar surface area (TPSA) is 80.2 Å². The van der Waals surface area contributed by atoms with E-state index in [1.807, 2.05) is 13.0 Å². The zero-order chi connectivity index (χ0) is 22.2. The molecular formula is C21H26F3N7. The van der Waals surface area contributed by atoms with E-state index < -0.39 is 11.7 Å². The third-order valence-corrected chi connectivity index (χ3v) is 5.44. The van der Waals surface area contributed by atoms with Crippen LogP contribution in [0.5, 0.6) is 0 Å². The highest BCUT2D eigenvalue weighted by molar-refractivity contribution is 6.03. The first-order valence-electron chi connectivity index (χ1n) is 10.4. The summed E-state index contributed by atoms with van der Waals surface area (Å²) in [6.45, 7) is 6.97. The second kappa shape index (κ2) is 8.33. The average Bonchev–Trinajstić information content (AvgIpc) is 3.48. The van der Waals surface area contributed by atoms with Gasteiger partial charge < -0.3 is 10.6 Å². The van der Waals surface area contributed by atoms with Crippen molar-refractivity contribution >= 4 is 23.4 Å². The highest BCUT2D eigenvalue weighted by Gasteiger charge is 2.35. The minimum Gasteiger partial charge on any atom is -0.365 e. The first kappa shape index (κ1) is 21.4. The van der Waals surface area contributed by atoms with Crippen LogP contribution >= 0.6 is 0 Å². The summed E-state index contributed by atoms with van der Waals surface area (Å²) < 4.78 is 38.4. The Morgan fingerprint density at radius 2 is 1.87 bits per heavy atom. The van der Waals surface area contributed by atoms with E-state index in [-0.39, 0.29) is 12.0 Å². The Bertz CT molecular complexity index is 935. The predicted octanol–water partition coefficient (Wildman–Crippen LogP) is 3.94. The fraction of sp³-hybridized carbons (Fsp3) is 0.476. The lowest BCUT2D eigenvalue weighted by molar-refractivity contribution is -0.137. The molecule has 0 spiro atoms. The van der Waals surface area contributed by atoms with Crippen LogP contribution in [0.4, 0.5) is 30.6 Å². The number of anilines is 3. The van der Waals surface area contributed by atoms with E-state index in [2.05, 4.69) is 32.4 Å². The summed E-state index contributed by atoms with van der Waals surface area (Å²) in [4.78, 5) is 13.2. The number of hydrogen-bond acceptors (Lipinski definition) is 5. The quantitative estimate of drug-likeness (QED) is 0.473. The van der Waals surface area contributed by atoms with Gasteiger partial charge in [0.15, 0.2) is 0 Å². The van der Waals surface area contributed by atoms with E-state index in [9.17, 15) is 13.2 Å². The Hall–Kier alpha value is -2.88. The highest BCUT2D eigenvalue weighted by Crippen LogP contribution is 2.32. The van der Waals surface area contributed by atoms with Gasteiger partial charge in [0.1, 0.15) is 5.82 Å². The summed E-state index contributed by atoms with van der Waals surface area (Å²) in [6, 6.07) is 6.96. The van der Waals surface area contributed by atoms with Crippen LogP contribution in [0.25, 0.3) is 0 Å². The van der Waals surface area contributed by atoms with Crippen molar-refractivity contribution in [3.05, 3.63) is 41.6 Å². The molecule has 1 saturated heterocycles. The summed E-state index contributed by atoms with van der Waals surface area (Å²) in [5.74, 6) is 1.18. The molecule has 4 rings (SSSR count). The monoisotopic (exact) mass is 433 g/mol. The standard InChI is InChI=1S/C21H26F3N7/c1-3-30-11-16(12-30)27-18-10-13(2)26-20(29-18)31(17-8-9-17)19(25)28-15-6-4-14(5-7-15)21(22,23)24/h4-7,10,16-17H,3,8-9,11-12H2,1-2H3,(H2,25,28)(H,26,27,29). The van der Waals surface area contributed by atoms with Gasteiger partial charge in [0, 0.05) is 36.6 Å². The van der Waals surface area contributed by atoms with Crippen molar-refractivity contribution in [1.82, 2.24) is 14.9 Å². The number of likely N-dealkylation sites (N-methyl/N-ethyl adjacent to an activating group) is 1. The molecule has 1 aromatic heterocycles. The largest absolute Gasteiger partial charge is 0.416 e. The molecule has 31 heavy (non-hydrogen) atoms. The fourth-order valence-corrected chi connectivity index (χ4v) is 3.58. The van der Waals surface area contributed by atoms with Crippen molar-refractivity contribution < 1.29 is 13.2 Å². The number of aryl methyl sites for hydroxylation is 1. The number of guanidine groups is 1. The maximum Gasteiger partial charge on any atom is 0.416 e. The summed E-state index contributed by atoms with van der Waals surface area (Å²) >= 11 is 0. The van der Waals surface area contributed by atoms with E-state index >= 15 is 0 Å². The number of halogens is 3. The maximum atomic E-state index is 12.8. The van der Waals surface area contributed by atoms with Crippen molar-refractivity contribution in [2.45, 2.75) is 44.9 Å². The van der Waals surface area contributed by atoms with Gasteiger partial charge in [-0.2, -0.15) is 18.2 Å². The molecule has 1 saturated carbocycles. The lowest BCUT2D eigenvalue weighted by Crippen LogP contribution is -2.54. The molecule has 10 heteroatoms. The van der Waals surface area contributed by atoms with Crippen LogP contribution in [-0.4, -0.2) is 52.5 Å².